The van der Waals surface area contributed by atoms with E-state index in [1.165, 1.54) is 5.56 Å². The van der Waals surface area contributed by atoms with Gasteiger partial charge in [0.1, 0.15) is 0 Å². The van der Waals surface area contributed by atoms with E-state index in [1.54, 1.807) is 0 Å². The molecule has 1 aliphatic heterocycles. The van der Waals surface area contributed by atoms with Crippen molar-refractivity contribution >= 4 is 11.6 Å². The molecule has 0 radical (unpaired) electrons. The van der Waals surface area contributed by atoms with Gasteiger partial charge >= 0.3 is 0 Å². The highest BCUT2D eigenvalue weighted by molar-refractivity contribution is 6.29. The molecule has 0 aromatic heterocycles. The Morgan fingerprint density at radius 1 is 1.15 bits per heavy atom. The molecular weight excluding hydrogens is 270 g/mol. The summed E-state index contributed by atoms with van der Waals surface area (Å²) in [5.41, 5.74) is 1.98. The fraction of sp³-hybridized carbons (Fsp3) is 0.438. The Kier molecular flexibility index (Phi) is 5.60. The number of nitriles is 1. The zero-order valence-electron chi connectivity index (χ0n) is 11.7. The lowest BCUT2D eigenvalue weighted by Gasteiger charge is -2.21. The monoisotopic (exact) mass is 289 g/mol. The average molecular weight is 290 g/mol. The first-order valence-corrected chi connectivity index (χ1v) is 7.32. The van der Waals surface area contributed by atoms with Crippen LogP contribution in [0.3, 0.4) is 0 Å². The van der Waals surface area contributed by atoms with Gasteiger partial charge in [0.2, 0.25) is 0 Å². The first kappa shape index (κ1) is 15.1. The van der Waals surface area contributed by atoms with Gasteiger partial charge in [-0.15, -0.1) is 0 Å². The molecule has 1 aliphatic rings. The molecule has 106 valence electrons. The molecule has 0 bridgehead atoms. The van der Waals surface area contributed by atoms with Crippen molar-refractivity contribution in [1.82, 2.24) is 9.80 Å². The number of benzene rings is 1. The van der Waals surface area contributed by atoms with E-state index < -0.39 is 0 Å². The molecule has 0 unspecified atom stereocenters. The van der Waals surface area contributed by atoms with Crippen molar-refractivity contribution < 1.29 is 0 Å². The van der Waals surface area contributed by atoms with Gasteiger partial charge < -0.3 is 0 Å². The van der Waals surface area contributed by atoms with Crippen LogP contribution in [0.5, 0.6) is 0 Å². The lowest BCUT2D eigenvalue weighted by molar-refractivity contribution is 0.261. The fourth-order valence-corrected chi connectivity index (χ4v) is 2.70. The summed E-state index contributed by atoms with van der Waals surface area (Å²) >= 11 is 5.88. The Hall–Kier alpha value is -1.34. The maximum absolute atomic E-state index is 8.80. The van der Waals surface area contributed by atoms with E-state index in [0.717, 1.165) is 51.3 Å². The first-order valence-electron chi connectivity index (χ1n) is 6.94. The van der Waals surface area contributed by atoms with Gasteiger partial charge in [-0.05, 0) is 37.2 Å². The second-order valence-electron chi connectivity index (χ2n) is 5.23. The molecule has 20 heavy (non-hydrogen) atoms. The van der Waals surface area contributed by atoms with Crippen molar-refractivity contribution in [3.63, 3.8) is 0 Å². The number of hydrogen-bond acceptors (Lipinski definition) is 3. The van der Waals surface area contributed by atoms with E-state index in [1.807, 2.05) is 24.3 Å². The van der Waals surface area contributed by atoms with Crippen LogP contribution in [0.25, 0.3) is 0 Å². The second kappa shape index (κ2) is 7.44. The Morgan fingerprint density at radius 3 is 2.45 bits per heavy atom. The summed E-state index contributed by atoms with van der Waals surface area (Å²) in [6.45, 7) is 9.75. The summed E-state index contributed by atoms with van der Waals surface area (Å²) in [6.07, 6.45) is 1.15. The molecule has 0 N–H and O–H groups in total. The average Bonchev–Trinajstić information content (AvgIpc) is 2.65. The molecule has 0 saturated carbocycles. The van der Waals surface area contributed by atoms with Crippen molar-refractivity contribution in [3.8, 4) is 6.07 Å². The molecule has 1 fully saturated rings. The molecule has 0 spiro atoms. The van der Waals surface area contributed by atoms with Crippen LogP contribution in [-0.2, 0) is 6.54 Å². The number of nitrogens with zero attached hydrogens (tertiary/aromatic N) is 3. The van der Waals surface area contributed by atoms with Crippen molar-refractivity contribution in [2.24, 2.45) is 0 Å². The third kappa shape index (κ3) is 4.64. The van der Waals surface area contributed by atoms with Gasteiger partial charge in [-0.1, -0.05) is 30.3 Å². The maximum atomic E-state index is 8.80. The minimum atomic E-state index is 0.713. The van der Waals surface area contributed by atoms with Gasteiger partial charge in [-0.2, -0.15) is 5.26 Å². The van der Waals surface area contributed by atoms with Crippen LogP contribution in [0.1, 0.15) is 17.5 Å². The van der Waals surface area contributed by atoms with Crippen LogP contribution >= 0.6 is 11.6 Å². The topological polar surface area (TPSA) is 30.3 Å². The standard InChI is InChI=1S/C16H20ClN3/c1-14(17)12-19-7-2-8-20(10-9-19)13-16-5-3-15(11-18)4-6-16/h3-6H,1-2,7-10,12-13H2. The van der Waals surface area contributed by atoms with Gasteiger partial charge in [-0.3, -0.25) is 9.80 Å². The third-order valence-electron chi connectivity index (χ3n) is 3.57. The molecule has 3 nitrogen and oxygen atoms in total. The van der Waals surface area contributed by atoms with E-state index in [2.05, 4.69) is 22.4 Å². The minimum absolute atomic E-state index is 0.713. The second-order valence-corrected chi connectivity index (χ2v) is 5.77. The van der Waals surface area contributed by atoms with Crippen LogP contribution in [0.4, 0.5) is 0 Å². The lowest BCUT2D eigenvalue weighted by Crippen LogP contribution is -2.31. The van der Waals surface area contributed by atoms with Gasteiger partial charge in [0.25, 0.3) is 0 Å². The van der Waals surface area contributed by atoms with Crippen molar-refractivity contribution in [1.29, 1.82) is 5.26 Å². The largest absolute Gasteiger partial charge is 0.298 e. The SMILES string of the molecule is C=C(Cl)CN1CCCN(Cc2ccc(C#N)cc2)CC1. The summed E-state index contributed by atoms with van der Waals surface area (Å²) in [6, 6.07) is 10.0. The first-order chi connectivity index (χ1) is 9.67. The smallest absolute Gasteiger partial charge is 0.0991 e. The molecule has 0 atom stereocenters. The minimum Gasteiger partial charge on any atom is -0.298 e. The zero-order chi connectivity index (χ0) is 14.4. The quantitative estimate of drug-likeness (QED) is 0.854. The highest BCUT2D eigenvalue weighted by atomic mass is 35.5. The molecule has 1 aromatic carbocycles. The molecule has 0 amide bonds. The molecule has 2 rings (SSSR count). The van der Waals surface area contributed by atoms with E-state index in [-0.39, 0.29) is 0 Å². The number of halogens is 1. The molecule has 0 aliphatic carbocycles. The van der Waals surface area contributed by atoms with Gasteiger partial charge in [-0.25, -0.2) is 0 Å². The summed E-state index contributed by atoms with van der Waals surface area (Å²) in [5, 5.41) is 9.52. The number of rotatable bonds is 4. The van der Waals surface area contributed by atoms with Crippen LogP contribution in [0.15, 0.2) is 35.9 Å². The van der Waals surface area contributed by atoms with Crippen molar-refractivity contribution in [3.05, 3.63) is 47.0 Å². The van der Waals surface area contributed by atoms with Gasteiger partial charge in [0, 0.05) is 31.2 Å². The van der Waals surface area contributed by atoms with Crippen LogP contribution < -0.4 is 0 Å². The van der Waals surface area contributed by atoms with Crippen LogP contribution in [0.2, 0.25) is 0 Å². The third-order valence-corrected chi connectivity index (χ3v) is 3.69. The summed E-state index contributed by atoms with van der Waals surface area (Å²) in [5.74, 6) is 0. The Balaban J connectivity index is 1.87. The molecule has 1 saturated heterocycles. The molecule has 1 aromatic rings. The normalized spacial score (nSPS) is 17.4. The highest BCUT2D eigenvalue weighted by Gasteiger charge is 2.15. The Bertz CT molecular complexity index is 489. The lowest BCUT2D eigenvalue weighted by atomic mass is 10.1. The predicted octanol–water partition coefficient (Wildman–Crippen LogP) is 2.82. The Labute approximate surface area is 126 Å². The van der Waals surface area contributed by atoms with Crippen molar-refractivity contribution in [2.75, 3.05) is 32.7 Å². The van der Waals surface area contributed by atoms with Crippen LogP contribution in [0, 0.1) is 11.3 Å². The van der Waals surface area contributed by atoms with Crippen LogP contribution in [-0.4, -0.2) is 42.5 Å². The van der Waals surface area contributed by atoms with E-state index >= 15 is 0 Å². The summed E-state index contributed by atoms with van der Waals surface area (Å²) in [4.78, 5) is 4.81. The molecule has 1 heterocycles. The molecule has 4 heteroatoms. The predicted molar refractivity (Wildman–Crippen MR) is 82.5 cm³/mol. The summed E-state index contributed by atoms with van der Waals surface area (Å²) in [7, 11) is 0. The Morgan fingerprint density at radius 2 is 1.80 bits per heavy atom. The van der Waals surface area contributed by atoms with E-state index in [4.69, 9.17) is 16.9 Å². The highest BCUT2D eigenvalue weighted by Crippen LogP contribution is 2.11. The fourth-order valence-electron chi connectivity index (χ4n) is 2.53. The van der Waals surface area contributed by atoms with Gasteiger partial charge in [0.15, 0.2) is 0 Å². The van der Waals surface area contributed by atoms with Crippen molar-refractivity contribution in [2.45, 2.75) is 13.0 Å². The number of hydrogen-bond donors (Lipinski definition) is 0. The zero-order valence-corrected chi connectivity index (χ0v) is 12.4. The summed E-state index contributed by atoms with van der Waals surface area (Å²) < 4.78 is 0. The van der Waals surface area contributed by atoms with E-state index in [0.29, 0.717) is 5.03 Å². The van der Waals surface area contributed by atoms with E-state index in [9.17, 15) is 0 Å². The van der Waals surface area contributed by atoms with Gasteiger partial charge in [0.05, 0.1) is 11.6 Å². The molecular formula is C16H20ClN3. The maximum Gasteiger partial charge on any atom is 0.0991 e.